The summed E-state index contributed by atoms with van der Waals surface area (Å²) >= 11 is 0. The Morgan fingerprint density at radius 3 is 1.17 bits per heavy atom. The zero-order valence-corrected chi connectivity index (χ0v) is 37.1. The summed E-state index contributed by atoms with van der Waals surface area (Å²) in [6.45, 7) is 9.27. The number of para-hydroxylation sites is 2. The predicted molar refractivity (Wildman–Crippen MR) is 271 cm³/mol. The van der Waals surface area contributed by atoms with Crippen LogP contribution in [0.4, 0.5) is 0 Å². The molecule has 0 radical (unpaired) electrons. The molecule has 9 aromatic carbocycles. The number of hydrogen-bond acceptors (Lipinski definition) is 2. The molecule has 2 aliphatic rings. The predicted octanol–water partition coefficient (Wildman–Crippen LogP) is 15.6. The van der Waals surface area contributed by atoms with Crippen molar-refractivity contribution in [2.45, 2.75) is 38.5 Å². The number of nitriles is 2. The second kappa shape index (κ2) is 13.5. The summed E-state index contributed by atoms with van der Waals surface area (Å²) in [5.41, 5.74) is 19.1. The minimum absolute atomic E-state index is 0.261. The van der Waals surface area contributed by atoms with E-state index in [1.54, 1.807) is 0 Å². The fourth-order valence-electron chi connectivity index (χ4n) is 12.0. The van der Waals surface area contributed by atoms with Gasteiger partial charge in [-0.3, -0.25) is 0 Å². The van der Waals surface area contributed by atoms with Gasteiger partial charge in [-0.15, -0.1) is 0 Å². The molecule has 0 unspecified atom stereocenters. The lowest BCUT2D eigenvalue weighted by Gasteiger charge is -2.26. The second-order valence-corrected chi connectivity index (χ2v) is 19.0. The number of fused-ring (bicyclic) bond motifs is 12. The largest absolute Gasteiger partial charge is 0.307 e. The summed E-state index contributed by atoms with van der Waals surface area (Å²) < 4.78 is 4.68. The third kappa shape index (κ3) is 4.91. The zero-order valence-electron chi connectivity index (χ0n) is 37.1. The molecular weight excluding hydrogens is 801 g/mol. The van der Waals surface area contributed by atoms with Gasteiger partial charge in [0, 0.05) is 43.5 Å². The summed E-state index contributed by atoms with van der Waals surface area (Å²) in [5.74, 6) is 0. The SMILES string of the molecule is CC1(C)c2ccccc2-c2cc3c4ccccc4n(-c4c(C#N)c(-c5ccccc5)c(C#N)c(-n5c6ccccc6c6cc7c(cc65)C(C)(C)c5ccccc5-7)c4-c4ccccc4)c3cc21. The minimum atomic E-state index is -0.261. The standard InChI is InChI=1S/C62H42N4/c1-61(2)49-27-15-11-23-39(49)43-31-45-41-25-13-17-29-53(41)65(55(45)33-51(43)61)59-47(35-63)57(37-19-7-5-8-20-37)48(36-64)60(58(59)38-21-9-6-10-22-38)66-54-30-18-14-26-42(54)46-32-44-40-24-12-16-28-50(40)62(3,4)52(44)34-56(46)66/h5-34H,1-4H3. The Hall–Kier alpha value is -8.44. The van der Waals surface area contributed by atoms with Crippen molar-refractivity contribution >= 4 is 43.6 Å². The fourth-order valence-corrected chi connectivity index (χ4v) is 12.0. The molecule has 2 aromatic heterocycles. The Balaban J connectivity index is 1.27. The van der Waals surface area contributed by atoms with Gasteiger partial charge < -0.3 is 9.13 Å². The first-order valence-corrected chi connectivity index (χ1v) is 22.7. The molecule has 66 heavy (non-hydrogen) atoms. The topological polar surface area (TPSA) is 57.4 Å². The van der Waals surface area contributed by atoms with Gasteiger partial charge in [-0.1, -0.05) is 173 Å². The van der Waals surface area contributed by atoms with E-state index in [2.05, 4.69) is 195 Å². The van der Waals surface area contributed by atoms with Crippen LogP contribution in [0, 0.1) is 22.7 Å². The quantitative estimate of drug-likeness (QED) is 0.177. The first-order chi connectivity index (χ1) is 32.2. The van der Waals surface area contributed by atoms with Crippen molar-refractivity contribution < 1.29 is 0 Å². The van der Waals surface area contributed by atoms with Gasteiger partial charge in [-0.2, -0.15) is 10.5 Å². The van der Waals surface area contributed by atoms with Crippen LogP contribution in [0.3, 0.4) is 0 Å². The number of nitrogens with zero attached hydrogens (tertiary/aromatic N) is 4. The van der Waals surface area contributed by atoms with Crippen molar-refractivity contribution in [2.24, 2.45) is 0 Å². The van der Waals surface area contributed by atoms with Crippen LogP contribution in [0.1, 0.15) is 61.1 Å². The molecule has 0 fully saturated rings. The van der Waals surface area contributed by atoms with Crippen LogP contribution >= 0.6 is 0 Å². The summed E-state index contributed by atoms with van der Waals surface area (Å²) in [6.07, 6.45) is 0. The summed E-state index contributed by atoms with van der Waals surface area (Å²) in [6, 6.07) is 70.2. The highest BCUT2D eigenvalue weighted by atomic mass is 15.0. The van der Waals surface area contributed by atoms with E-state index in [0.29, 0.717) is 16.7 Å². The van der Waals surface area contributed by atoms with E-state index in [9.17, 15) is 10.5 Å². The number of hydrogen-bond donors (Lipinski definition) is 0. The Kier molecular flexibility index (Phi) is 7.81. The number of aromatic nitrogens is 2. The molecule has 310 valence electrons. The maximum absolute atomic E-state index is 11.9. The molecule has 4 heteroatoms. The van der Waals surface area contributed by atoms with Gasteiger partial charge >= 0.3 is 0 Å². The van der Waals surface area contributed by atoms with E-state index < -0.39 is 0 Å². The van der Waals surface area contributed by atoms with Gasteiger partial charge in [0.15, 0.2) is 0 Å². The average Bonchev–Trinajstić information content (AvgIpc) is 4.00. The molecule has 13 rings (SSSR count). The van der Waals surface area contributed by atoms with Gasteiger partial charge in [0.2, 0.25) is 0 Å². The Morgan fingerprint density at radius 1 is 0.348 bits per heavy atom. The van der Waals surface area contributed by atoms with Gasteiger partial charge in [-0.25, -0.2) is 0 Å². The van der Waals surface area contributed by atoms with E-state index in [0.717, 1.165) is 71.7 Å². The molecule has 11 aromatic rings. The summed E-state index contributed by atoms with van der Waals surface area (Å²) in [4.78, 5) is 0. The van der Waals surface area contributed by atoms with Crippen LogP contribution in [0.2, 0.25) is 0 Å². The molecule has 0 saturated heterocycles. The van der Waals surface area contributed by atoms with Crippen LogP contribution in [0.5, 0.6) is 0 Å². The Bertz CT molecular complexity index is 3780. The third-order valence-corrected chi connectivity index (χ3v) is 15.0. The first-order valence-electron chi connectivity index (χ1n) is 22.7. The molecule has 0 atom stereocenters. The Labute approximate surface area is 383 Å². The van der Waals surface area contributed by atoms with E-state index in [-0.39, 0.29) is 10.8 Å². The van der Waals surface area contributed by atoms with Crippen molar-refractivity contribution in [3.05, 3.63) is 215 Å². The molecular formula is C62H42N4. The highest BCUT2D eigenvalue weighted by Crippen LogP contribution is 2.55. The van der Waals surface area contributed by atoms with Crippen LogP contribution in [-0.4, -0.2) is 9.13 Å². The molecule has 0 amide bonds. The van der Waals surface area contributed by atoms with Crippen LogP contribution < -0.4 is 0 Å². The van der Waals surface area contributed by atoms with Crippen molar-refractivity contribution in [1.29, 1.82) is 10.5 Å². The van der Waals surface area contributed by atoms with Crippen LogP contribution in [0.25, 0.3) is 99.5 Å². The molecule has 2 aliphatic carbocycles. The molecule has 0 spiro atoms. The Morgan fingerprint density at radius 2 is 0.727 bits per heavy atom. The van der Waals surface area contributed by atoms with Crippen molar-refractivity contribution in [1.82, 2.24) is 9.13 Å². The highest BCUT2D eigenvalue weighted by molar-refractivity contribution is 6.15. The average molecular weight is 843 g/mol. The minimum Gasteiger partial charge on any atom is -0.307 e. The smallest absolute Gasteiger partial charge is 0.102 e. The molecule has 4 nitrogen and oxygen atoms in total. The normalized spacial score (nSPS) is 14.0. The molecule has 2 heterocycles. The maximum Gasteiger partial charge on any atom is 0.102 e. The molecule has 0 aliphatic heterocycles. The number of benzene rings is 9. The summed E-state index contributed by atoms with van der Waals surface area (Å²) in [5, 5.41) is 28.2. The molecule has 0 N–H and O–H groups in total. The second-order valence-electron chi connectivity index (χ2n) is 19.0. The first kappa shape index (κ1) is 38.1. The van der Waals surface area contributed by atoms with Crippen LogP contribution in [-0.2, 0) is 10.8 Å². The van der Waals surface area contributed by atoms with E-state index in [4.69, 9.17) is 0 Å². The van der Waals surface area contributed by atoms with E-state index in [1.807, 2.05) is 36.4 Å². The van der Waals surface area contributed by atoms with Crippen molar-refractivity contribution in [2.75, 3.05) is 0 Å². The van der Waals surface area contributed by atoms with Gasteiger partial charge in [0.05, 0.1) is 44.6 Å². The van der Waals surface area contributed by atoms with E-state index in [1.165, 1.54) is 44.5 Å². The lowest BCUT2D eigenvalue weighted by molar-refractivity contribution is 0.661. The zero-order chi connectivity index (χ0) is 44.6. The van der Waals surface area contributed by atoms with Crippen molar-refractivity contribution in [3.8, 4) is 68.0 Å². The lowest BCUT2D eigenvalue weighted by Crippen LogP contribution is -2.15. The van der Waals surface area contributed by atoms with Crippen LogP contribution in [0.15, 0.2) is 182 Å². The summed E-state index contributed by atoms with van der Waals surface area (Å²) in [7, 11) is 0. The lowest BCUT2D eigenvalue weighted by atomic mass is 9.82. The maximum atomic E-state index is 11.9. The molecule has 0 bridgehead atoms. The molecule has 0 saturated carbocycles. The monoisotopic (exact) mass is 842 g/mol. The van der Waals surface area contributed by atoms with Crippen molar-refractivity contribution in [3.63, 3.8) is 0 Å². The highest BCUT2D eigenvalue weighted by Gasteiger charge is 2.39. The van der Waals surface area contributed by atoms with E-state index >= 15 is 0 Å². The third-order valence-electron chi connectivity index (χ3n) is 15.0. The van der Waals surface area contributed by atoms with Gasteiger partial charge in [0.25, 0.3) is 0 Å². The van der Waals surface area contributed by atoms with Gasteiger partial charge in [-0.05, 0) is 92.0 Å². The van der Waals surface area contributed by atoms with Gasteiger partial charge in [0.1, 0.15) is 12.1 Å². The number of rotatable bonds is 4. The fraction of sp³-hybridized carbons (Fsp3) is 0.0968.